The zero-order valence-electron chi connectivity index (χ0n) is 11.0. The van der Waals surface area contributed by atoms with Gasteiger partial charge in [0.15, 0.2) is 0 Å². The summed E-state index contributed by atoms with van der Waals surface area (Å²) in [5, 5.41) is 0. The van der Waals surface area contributed by atoms with E-state index in [9.17, 15) is 4.79 Å². The van der Waals surface area contributed by atoms with E-state index in [2.05, 4.69) is 42.2 Å². The molecule has 0 aromatic heterocycles. The number of aldehydes is 1. The number of fused-ring (bicyclic) bond motifs is 1. The Hall–Kier alpha value is -1.93. The van der Waals surface area contributed by atoms with Gasteiger partial charge in [-0.1, -0.05) is 48.5 Å². The van der Waals surface area contributed by atoms with Gasteiger partial charge in [0.25, 0.3) is 0 Å². The van der Waals surface area contributed by atoms with Crippen molar-refractivity contribution in [3.63, 3.8) is 0 Å². The van der Waals surface area contributed by atoms with Crippen LogP contribution < -0.4 is 0 Å². The fourth-order valence-electron chi connectivity index (χ4n) is 2.93. The van der Waals surface area contributed by atoms with Crippen LogP contribution >= 0.6 is 0 Å². The molecule has 2 heteroatoms. The molecule has 1 atom stereocenters. The van der Waals surface area contributed by atoms with Gasteiger partial charge >= 0.3 is 0 Å². The highest BCUT2D eigenvalue weighted by Gasteiger charge is 2.30. The summed E-state index contributed by atoms with van der Waals surface area (Å²) in [6.45, 7) is 3.76. The Labute approximate surface area is 113 Å². The quantitative estimate of drug-likeness (QED) is 0.780. The molecular formula is C17H17NO. The van der Waals surface area contributed by atoms with E-state index in [4.69, 9.17) is 0 Å². The molecule has 0 spiro atoms. The van der Waals surface area contributed by atoms with Crippen LogP contribution in [-0.2, 0) is 17.9 Å². The molecular weight excluding hydrogens is 234 g/mol. The minimum Gasteiger partial charge on any atom is -0.301 e. The number of hydrogen-bond donors (Lipinski definition) is 0. The second kappa shape index (κ2) is 4.98. The number of hydrogen-bond acceptors (Lipinski definition) is 2. The molecule has 0 fully saturated rings. The van der Waals surface area contributed by atoms with Crippen LogP contribution in [0.3, 0.4) is 0 Å². The number of carbonyl (C=O) groups is 1. The third-order valence-corrected chi connectivity index (χ3v) is 3.83. The number of carbonyl (C=O) groups excluding carboxylic acids is 1. The van der Waals surface area contributed by atoms with Crippen LogP contribution in [0.1, 0.15) is 28.3 Å². The molecule has 0 saturated carbocycles. The molecule has 1 unspecified atom stereocenters. The number of nitrogens with zero attached hydrogens (tertiary/aromatic N) is 1. The summed E-state index contributed by atoms with van der Waals surface area (Å²) in [7, 11) is 0. The fourth-order valence-corrected chi connectivity index (χ4v) is 2.93. The first-order chi connectivity index (χ1) is 9.29. The summed E-state index contributed by atoms with van der Waals surface area (Å²) in [5.74, 6) is 0. The Bertz CT molecular complexity index is 591. The third-order valence-electron chi connectivity index (χ3n) is 3.83. The van der Waals surface area contributed by atoms with Crippen molar-refractivity contribution in [1.29, 1.82) is 0 Å². The Morgan fingerprint density at radius 2 is 1.95 bits per heavy atom. The minimum atomic E-state index is -0.101. The summed E-state index contributed by atoms with van der Waals surface area (Å²) >= 11 is 0. The van der Waals surface area contributed by atoms with Gasteiger partial charge in [-0.3, -0.25) is 4.90 Å². The van der Waals surface area contributed by atoms with Gasteiger partial charge in [0.05, 0.1) is 6.04 Å². The normalized spacial score (nSPS) is 18.3. The lowest BCUT2D eigenvalue weighted by atomic mass is 10.00. The molecule has 0 radical (unpaired) electrons. The van der Waals surface area contributed by atoms with E-state index in [1.165, 1.54) is 22.3 Å². The van der Waals surface area contributed by atoms with Gasteiger partial charge in [0.1, 0.15) is 6.29 Å². The number of benzene rings is 2. The van der Waals surface area contributed by atoms with E-state index >= 15 is 0 Å². The van der Waals surface area contributed by atoms with Crippen molar-refractivity contribution in [2.24, 2.45) is 0 Å². The van der Waals surface area contributed by atoms with Gasteiger partial charge in [-0.25, -0.2) is 0 Å². The summed E-state index contributed by atoms with van der Waals surface area (Å²) in [6.07, 6.45) is 1.07. The van der Waals surface area contributed by atoms with Crippen molar-refractivity contribution < 1.29 is 4.79 Å². The predicted molar refractivity (Wildman–Crippen MR) is 75.7 cm³/mol. The molecule has 96 valence electrons. The van der Waals surface area contributed by atoms with E-state index in [-0.39, 0.29) is 6.04 Å². The van der Waals surface area contributed by atoms with Crippen molar-refractivity contribution in [1.82, 2.24) is 4.90 Å². The molecule has 0 aliphatic carbocycles. The average molecular weight is 251 g/mol. The maximum absolute atomic E-state index is 11.5. The molecule has 0 amide bonds. The van der Waals surface area contributed by atoms with Crippen LogP contribution in [-0.4, -0.2) is 11.2 Å². The average Bonchev–Trinajstić information content (AvgIpc) is 2.78. The molecule has 3 rings (SSSR count). The highest BCUT2D eigenvalue weighted by Crippen LogP contribution is 2.35. The maximum atomic E-state index is 11.5. The van der Waals surface area contributed by atoms with E-state index in [0.29, 0.717) is 0 Å². The topological polar surface area (TPSA) is 20.3 Å². The fraction of sp³-hybridized carbons (Fsp3) is 0.235. The first-order valence-corrected chi connectivity index (χ1v) is 6.61. The van der Waals surface area contributed by atoms with Crippen LogP contribution in [0, 0.1) is 6.92 Å². The van der Waals surface area contributed by atoms with Crippen LogP contribution in [0.2, 0.25) is 0 Å². The lowest BCUT2D eigenvalue weighted by molar-refractivity contribution is -0.112. The molecule has 1 aliphatic heterocycles. The lowest BCUT2D eigenvalue weighted by Crippen LogP contribution is -2.22. The first-order valence-electron chi connectivity index (χ1n) is 6.61. The van der Waals surface area contributed by atoms with Crippen molar-refractivity contribution in [2.75, 3.05) is 0 Å². The van der Waals surface area contributed by atoms with Crippen LogP contribution in [0.4, 0.5) is 0 Å². The molecule has 1 heterocycles. The molecule has 2 nitrogen and oxygen atoms in total. The largest absolute Gasteiger partial charge is 0.301 e. The smallest absolute Gasteiger partial charge is 0.141 e. The van der Waals surface area contributed by atoms with Gasteiger partial charge < -0.3 is 4.79 Å². The molecule has 2 aromatic rings. The zero-order valence-corrected chi connectivity index (χ0v) is 11.0. The minimum absolute atomic E-state index is 0.101. The van der Waals surface area contributed by atoms with Crippen LogP contribution in [0.15, 0.2) is 48.5 Å². The van der Waals surface area contributed by atoms with E-state index in [0.717, 1.165) is 19.4 Å². The van der Waals surface area contributed by atoms with Gasteiger partial charge in [-0.2, -0.15) is 0 Å². The number of rotatable bonds is 3. The summed E-state index contributed by atoms with van der Waals surface area (Å²) < 4.78 is 0. The van der Waals surface area contributed by atoms with Crippen molar-refractivity contribution >= 4 is 6.29 Å². The Balaban J connectivity index is 1.90. The zero-order chi connectivity index (χ0) is 13.2. The van der Waals surface area contributed by atoms with Crippen molar-refractivity contribution in [3.05, 3.63) is 70.8 Å². The first kappa shape index (κ1) is 12.1. The van der Waals surface area contributed by atoms with Gasteiger partial charge in [-0.15, -0.1) is 0 Å². The molecule has 19 heavy (non-hydrogen) atoms. The maximum Gasteiger partial charge on any atom is 0.141 e. The Morgan fingerprint density at radius 3 is 2.68 bits per heavy atom. The highest BCUT2D eigenvalue weighted by atomic mass is 16.1. The Kier molecular flexibility index (Phi) is 3.18. The summed E-state index contributed by atoms with van der Waals surface area (Å²) in [5.41, 5.74) is 4.95. The van der Waals surface area contributed by atoms with E-state index in [1.54, 1.807) is 0 Å². The Morgan fingerprint density at radius 1 is 1.16 bits per heavy atom. The van der Waals surface area contributed by atoms with Gasteiger partial charge in [-0.05, 0) is 29.2 Å². The van der Waals surface area contributed by atoms with E-state index < -0.39 is 0 Å². The van der Waals surface area contributed by atoms with Crippen LogP contribution in [0.5, 0.6) is 0 Å². The molecule has 0 saturated heterocycles. The summed E-state index contributed by atoms with van der Waals surface area (Å²) in [4.78, 5) is 13.7. The molecule has 1 aliphatic rings. The standard InChI is InChI=1S/C17H17NO/c1-13-6-5-9-15-11-18(16(12-19)17(13)15)10-14-7-3-2-4-8-14/h2-9,12,16H,10-11H2,1H3. The van der Waals surface area contributed by atoms with E-state index in [1.807, 2.05) is 18.2 Å². The monoisotopic (exact) mass is 251 g/mol. The molecule has 2 aromatic carbocycles. The van der Waals surface area contributed by atoms with Gasteiger partial charge in [0.2, 0.25) is 0 Å². The van der Waals surface area contributed by atoms with Gasteiger partial charge in [0, 0.05) is 13.1 Å². The van der Waals surface area contributed by atoms with Crippen molar-refractivity contribution in [3.8, 4) is 0 Å². The van der Waals surface area contributed by atoms with Crippen molar-refractivity contribution in [2.45, 2.75) is 26.1 Å². The highest BCUT2D eigenvalue weighted by molar-refractivity contribution is 5.66. The summed E-state index contributed by atoms with van der Waals surface area (Å²) in [6, 6.07) is 16.5. The second-order valence-electron chi connectivity index (χ2n) is 5.12. The lowest BCUT2D eigenvalue weighted by Gasteiger charge is -2.21. The second-order valence-corrected chi connectivity index (χ2v) is 5.12. The number of aryl methyl sites for hydroxylation is 1. The third kappa shape index (κ3) is 2.20. The van der Waals surface area contributed by atoms with Crippen LogP contribution in [0.25, 0.3) is 0 Å². The molecule has 0 bridgehead atoms. The molecule has 0 N–H and O–H groups in total. The predicted octanol–water partition coefficient (Wildman–Crippen LogP) is 3.25. The SMILES string of the molecule is Cc1cccc2c1C(C=O)N(Cc1ccccc1)C2.